The summed E-state index contributed by atoms with van der Waals surface area (Å²) in [7, 11) is 0. The minimum absolute atomic E-state index is 0.121. The monoisotopic (exact) mass is 344 g/mol. The fourth-order valence-corrected chi connectivity index (χ4v) is 3.26. The number of thiazole rings is 1. The van der Waals surface area contributed by atoms with E-state index in [0.29, 0.717) is 18.0 Å². The van der Waals surface area contributed by atoms with E-state index in [-0.39, 0.29) is 18.3 Å². The summed E-state index contributed by atoms with van der Waals surface area (Å²) in [6.07, 6.45) is 0.799. The first-order chi connectivity index (χ1) is 11.6. The molecule has 0 saturated carbocycles. The molecule has 0 saturated heterocycles. The number of anilines is 1. The van der Waals surface area contributed by atoms with Gasteiger partial charge >= 0.3 is 0 Å². The Morgan fingerprint density at radius 1 is 1.25 bits per heavy atom. The van der Waals surface area contributed by atoms with Crippen LogP contribution in [0.15, 0.2) is 42.5 Å². The van der Waals surface area contributed by atoms with Gasteiger partial charge in [-0.25, -0.2) is 9.37 Å². The zero-order valence-corrected chi connectivity index (χ0v) is 14.0. The van der Waals surface area contributed by atoms with Crippen molar-refractivity contribution >= 4 is 32.6 Å². The van der Waals surface area contributed by atoms with Crippen molar-refractivity contribution in [1.82, 2.24) is 4.98 Å². The average molecular weight is 344 g/mol. The summed E-state index contributed by atoms with van der Waals surface area (Å²) in [4.78, 5) is 16.4. The Bertz CT molecular complexity index is 863. The summed E-state index contributed by atoms with van der Waals surface area (Å²) in [5, 5.41) is 3.40. The molecule has 1 amide bonds. The van der Waals surface area contributed by atoms with Gasteiger partial charge in [0, 0.05) is 6.42 Å². The van der Waals surface area contributed by atoms with E-state index in [1.54, 1.807) is 18.2 Å². The summed E-state index contributed by atoms with van der Waals surface area (Å²) < 4.78 is 19.8. The van der Waals surface area contributed by atoms with Gasteiger partial charge in [-0.3, -0.25) is 4.79 Å². The van der Waals surface area contributed by atoms with Gasteiger partial charge in [-0.2, -0.15) is 0 Å². The first kappa shape index (κ1) is 16.4. The number of ether oxygens (including phenoxy) is 1. The number of carbonyl (C=O) groups excluding carboxylic acids is 1. The number of halogens is 1. The molecule has 0 aliphatic carbocycles. The van der Waals surface area contributed by atoms with Crippen LogP contribution in [-0.4, -0.2) is 17.5 Å². The number of fused-ring (bicyclic) bond motifs is 1. The molecule has 0 radical (unpaired) electrons. The minimum atomic E-state index is -0.396. The number of aryl methyl sites for hydroxylation is 1. The van der Waals surface area contributed by atoms with Crippen LogP contribution in [0.2, 0.25) is 0 Å². The predicted octanol–water partition coefficient (Wildman–Crippen LogP) is 4.54. The maximum absolute atomic E-state index is 13.4. The molecule has 1 aromatic heterocycles. The average Bonchev–Trinajstić information content (AvgIpc) is 2.97. The van der Waals surface area contributed by atoms with Gasteiger partial charge in [-0.15, -0.1) is 0 Å². The van der Waals surface area contributed by atoms with Crippen LogP contribution >= 0.6 is 11.3 Å². The molecule has 2 aromatic carbocycles. The lowest BCUT2D eigenvalue weighted by atomic mass is 10.2. The number of rotatable bonds is 6. The van der Waals surface area contributed by atoms with Crippen LogP contribution in [0.3, 0.4) is 0 Å². The molecule has 3 rings (SSSR count). The molecule has 124 valence electrons. The molecule has 3 aromatic rings. The number of para-hydroxylation sites is 2. The molecule has 1 heterocycles. The molecule has 0 fully saturated rings. The zero-order chi connectivity index (χ0) is 16.9. The van der Waals surface area contributed by atoms with E-state index in [2.05, 4.69) is 10.3 Å². The highest BCUT2D eigenvalue weighted by molar-refractivity contribution is 7.22. The minimum Gasteiger partial charge on any atom is -0.491 e. The van der Waals surface area contributed by atoms with E-state index in [0.717, 1.165) is 15.8 Å². The Labute approximate surface area is 143 Å². The lowest BCUT2D eigenvalue weighted by molar-refractivity contribution is -0.116. The molecule has 0 aliphatic rings. The van der Waals surface area contributed by atoms with Gasteiger partial charge in [0.05, 0.1) is 16.8 Å². The Hall–Kier alpha value is -2.47. The van der Waals surface area contributed by atoms with Crippen LogP contribution in [-0.2, 0) is 4.79 Å². The third kappa shape index (κ3) is 3.89. The number of hydrogen-bond acceptors (Lipinski definition) is 4. The fourth-order valence-electron chi connectivity index (χ4n) is 2.30. The van der Waals surface area contributed by atoms with Crippen LogP contribution < -0.4 is 10.1 Å². The van der Waals surface area contributed by atoms with Gasteiger partial charge in [0.15, 0.2) is 16.7 Å². The van der Waals surface area contributed by atoms with E-state index in [1.165, 1.54) is 17.4 Å². The Kier molecular flexibility index (Phi) is 5.05. The first-order valence-electron chi connectivity index (χ1n) is 7.67. The number of benzene rings is 2. The van der Waals surface area contributed by atoms with Crippen LogP contribution in [0, 0.1) is 12.7 Å². The van der Waals surface area contributed by atoms with E-state index in [4.69, 9.17) is 4.74 Å². The Balaban J connectivity index is 1.48. The van der Waals surface area contributed by atoms with E-state index in [9.17, 15) is 9.18 Å². The molecule has 4 nitrogen and oxygen atoms in total. The van der Waals surface area contributed by atoms with E-state index in [1.807, 2.05) is 25.1 Å². The van der Waals surface area contributed by atoms with Gasteiger partial charge in [0.2, 0.25) is 5.91 Å². The highest BCUT2D eigenvalue weighted by atomic mass is 32.1. The van der Waals surface area contributed by atoms with Crippen molar-refractivity contribution in [3.05, 3.63) is 53.8 Å². The number of nitrogens with one attached hydrogen (secondary N) is 1. The van der Waals surface area contributed by atoms with Crippen molar-refractivity contribution in [2.24, 2.45) is 0 Å². The number of amides is 1. The normalized spacial score (nSPS) is 10.8. The first-order valence-corrected chi connectivity index (χ1v) is 8.48. The van der Waals surface area contributed by atoms with Crippen molar-refractivity contribution in [3.63, 3.8) is 0 Å². The topological polar surface area (TPSA) is 51.2 Å². The molecule has 0 atom stereocenters. The van der Waals surface area contributed by atoms with Crippen molar-refractivity contribution < 1.29 is 13.9 Å². The number of carbonyl (C=O) groups is 1. The molecular weight excluding hydrogens is 327 g/mol. The summed E-state index contributed by atoms with van der Waals surface area (Å²) >= 11 is 1.45. The Morgan fingerprint density at radius 2 is 2.08 bits per heavy atom. The number of aromatic nitrogens is 1. The third-order valence-corrected chi connectivity index (χ3v) is 4.45. The van der Waals surface area contributed by atoms with E-state index >= 15 is 0 Å². The SMILES string of the molecule is Cc1cccc2sc(NC(=O)CCCOc3ccccc3F)nc12. The maximum atomic E-state index is 13.4. The molecule has 0 spiro atoms. The quantitative estimate of drug-likeness (QED) is 0.668. The molecule has 6 heteroatoms. The smallest absolute Gasteiger partial charge is 0.226 e. The van der Waals surface area contributed by atoms with Crippen LogP contribution in [0.5, 0.6) is 5.75 Å². The van der Waals surface area contributed by atoms with Gasteiger partial charge in [-0.1, -0.05) is 35.6 Å². The number of nitrogens with zero attached hydrogens (tertiary/aromatic N) is 1. The van der Waals surface area contributed by atoms with Crippen molar-refractivity contribution in [2.45, 2.75) is 19.8 Å². The highest BCUT2D eigenvalue weighted by Crippen LogP contribution is 2.27. The maximum Gasteiger partial charge on any atom is 0.226 e. The van der Waals surface area contributed by atoms with Crippen LogP contribution in [0.25, 0.3) is 10.2 Å². The fraction of sp³-hybridized carbons (Fsp3) is 0.222. The molecule has 0 bridgehead atoms. The summed E-state index contributed by atoms with van der Waals surface area (Å²) in [6, 6.07) is 12.2. The van der Waals surface area contributed by atoms with Crippen LogP contribution in [0.4, 0.5) is 9.52 Å². The molecule has 0 unspecified atom stereocenters. The lowest BCUT2D eigenvalue weighted by Crippen LogP contribution is -2.12. The largest absolute Gasteiger partial charge is 0.491 e. The van der Waals surface area contributed by atoms with Crippen molar-refractivity contribution in [2.75, 3.05) is 11.9 Å². The van der Waals surface area contributed by atoms with Crippen molar-refractivity contribution in [1.29, 1.82) is 0 Å². The molecule has 0 aliphatic heterocycles. The summed E-state index contributed by atoms with van der Waals surface area (Å²) in [5.74, 6) is -0.310. The van der Waals surface area contributed by atoms with Gasteiger partial charge in [0.1, 0.15) is 0 Å². The summed E-state index contributed by atoms with van der Waals surface area (Å²) in [6.45, 7) is 2.28. The highest BCUT2D eigenvalue weighted by Gasteiger charge is 2.09. The van der Waals surface area contributed by atoms with Gasteiger partial charge in [-0.05, 0) is 37.1 Å². The lowest BCUT2D eigenvalue weighted by Gasteiger charge is -2.06. The third-order valence-electron chi connectivity index (χ3n) is 3.51. The second kappa shape index (κ2) is 7.40. The van der Waals surface area contributed by atoms with Crippen molar-refractivity contribution in [3.8, 4) is 5.75 Å². The van der Waals surface area contributed by atoms with Crippen LogP contribution in [0.1, 0.15) is 18.4 Å². The molecule has 1 N–H and O–H groups in total. The summed E-state index contributed by atoms with van der Waals surface area (Å²) in [5.41, 5.74) is 2.00. The van der Waals surface area contributed by atoms with Gasteiger partial charge < -0.3 is 10.1 Å². The molecule has 24 heavy (non-hydrogen) atoms. The van der Waals surface area contributed by atoms with Gasteiger partial charge in [0.25, 0.3) is 0 Å². The molecular formula is C18H17FN2O2S. The Morgan fingerprint density at radius 3 is 2.88 bits per heavy atom. The zero-order valence-electron chi connectivity index (χ0n) is 13.2. The second-order valence-corrected chi connectivity index (χ2v) is 6.40. The predicted molar refractivity (Wildman–Crippen MR) is 94.1 cm³/mol. The van der Waals surface area contributed by atoms with E-state index < -0.39 is 5.82 Å². The standard InChI is InChI=1S/C18H17FN2O2S/c1-12-6-4-9-15-17(12)21-18(24-15)20-16(22)10-5-11-23-14-8-3-2-7-13(14)19/h2-4,6-9H,5,10-11H2,1H3,(H,20,21,22). The second-order valence-electron chi connectivity index (χ2n) is 5.37. The number of hydrogen-bond donors (Lipinski definition) is 1.